The Morgan fingerprint density at radius 2 is 2.00 bits per heavy atom. The molecule has 2 aromatic heterocycles. The normalized spacial score (nSPS) is 15.7. The lowest BCUT2D eigenvalue weighted by atomic mass is 9.95. The minimum absolute atomic E-state index is 0.00605. The number of hydrogen-bond donors (Lipinski definition) is 1. The van der Waals surface area contributed by atoms with Gasteiger partial charge in [0.05, 0.1) is 18.1 Å². The highest BCUT2D eigenvalue weighted by Crippen LogP contribution is 2.35. The molecule has 31 heavy (non-hydrogen) atoms. The van der Waals surface area contributed by atoms with Crippen molar-refractivity contribution in [2.75, 3.05) is 5.75 Å². The number of carbonyl (C=O) groups is 1. The van der Waals surface area contributed by atoms with Gasteiger partial charge in [-0.05, 0) is 62.4 Å². The molecule has 0 bridgehead atoms. The first-order chi connectivity index (χ1) is 15.0. The van der Waals surface area contributed by atoms with Crippen molar-refractivity contribution in [3.8, 4) is 11.6 Å². The number of hydrogen-bond acceptors (Lipinski definition) is 5. The molecule has 1 aliphatic carbocycles. The predicted octanol–water partition coefficient (Wildman–Crippen LogP) is 5.63. The third-order valence-electron chi connectivity index (χ3n) is 6.09. The van der Waals surface area contributed by atoms with Crippen LogP contribution in [0.4, 0.5) is 0 Å². The second kappa shape index (κ2) is 9.73. The minimum atomic E-state index is -0.0395. The molecule has 164 valence electrons. The van der Waals surface area contributed by atoms with Crippen LogP contribution < -0.4 is 5.32 Å². The lowest BCUT2D eigenvalue weighted by Gasteiger charge is -2.25. The number of aryl methyl sites for hydroxylation is 2. The zero-order chi connectivity index (χ0) is 21.8. The zero-order valence-corrected chi connectivity index (χ0v) is 19.2. The highest BCUT2D eigenvalue weighted by molar-refractivity contribution is 7.99. The molecule has 0 radical (unpaired) electrons. The van der Waals surface area contributed by atoms with Gasteiger partial charge in [-0.1, -0.05) is 49.2 Å². The van der Waals surface area contributed by atoms with Crippen LogP contribution in [0.25, 0.3) is 11.6 Å². The van der Waals surface area contributed by atoms with Crippen LogP contribution in [0.5, 0.6) is 0 Å². The van der Waals surface area contributed by atoms with Crippen molar-refractivity contribution in [1.82, 2.24) is 20.1 Å². The summed E-state index contributed by atoms with van der Waals surface area (Å²) < 4.78 is 7.78. The lowest BCUT2D eigenvalue weighted by molar-refractivity contribution is -0.119. The first-order valence-electron chi connectivity index (χ1n) is 11.0. The summed E-state index contributed by atoms with van der Waals surface area (Å²) in [4.78, 5) is 12.7. The fourth-order valence-electron chi connectivity index (χ4n) is 4.15. The van der Waals surface area contributed by atoms with Crippen molar-refractivity contribution in [3.63, 3.8) is 0 Å². The molecule has 1 saturated carbocycles. The van der Waals surface area contributed by atoms with E-state index in [-0.39, 0.29) is 11.9 Å². The van der Waals surface area contributed by atoms with Gasteiger partial charge in [0.2, 0.25) is 11.7 Å². The quantitative estimate of drug-likeness (QED) is 0.484. The number of amides is 1. The number of aromatic nitrogens is 3. The number of furan rings is 1. The van der Waals surface area contributed by atoms with Gasteiger partial charge in [0, 0.05) is 6.04 Å². The van der Waals surface area contributed by atoms with Crippen LogP contribution in [-0.2, 0) is 4.79 Å². The second-order valence-electron chi connectivity index (χ2n) is 8.37. The van der Waals surface area contributed by atoms with E-state index in [1.165, 1.54) is 42.2 Å². The molecular weight excluding hydrogens is 408 g/mol. The van der Waals surface area contributed by atoms with Gasteiger partial charge < -0.3 is 9.73 Å². The SMILES string of the molecule is Cc1ccc(C(C)NC(=O)CSc2nnc(-c3ccco3)n2C2CCCCC2)cc1C. The average molecular weight is 439 g/mol. The van der Waals surface area contributed by atoms with Crippen LogP contribution in [0.1, 0.15) is 67.8 Å². The summed E-state index contributed by atoms with van der Waals surface area (Å²) >= 11 is 1.45. The standard InChI is InChI=1S/C24H30N4O2S/c1-16-11-12-19(14-17(16)2)18(3)25-22(29)15-31-24-27-26-23(21-10-7-13-30-21)28(24)20-8-5-4-6-9-20/h7,10-14,18,20H,4-6,8-9,15H2,1-3H3,(H,25,29). The number of thioether (sulfide) groups is 1. The van der Waals surface area contributed by atoms with Crippen molar-refractivity contribution in [3.05, 3.63) is 53.3 Å². The van der Waals surface area contributed by atoms with E-state index in [1.807, 2.05) is 19.1 Å². The second-order valence-corrected chi connectivity index (χ2v) is 9.31. The average Bonchev–Trinajstić information content (AvgIpc) is 3.44. The van der Waals surface area contributed by atoms with E-state index in [9.17, 15) is 4.79 Å². The summed E-state index contributed by atoms with van der Waals surface area (Å²) in [5.74, 6) is 1.77. The Labute approximate surface area is 187 Å². The maximum Gasteiger partial charge on any atom is 0.230 e. The molecule has 0 saturated heterocycles. The van der Waals surface area contributed by atoms with E-state index in [2.05, 4.69) is 52.1 Å². The summed E-state index contributed by atoms with van der Waals surface area (Å²) in [5.41, 5.74) is 3.61. The third-order valence-corrected chi connectivity index (χ3v) is 7.03. The largest absolute Gasteiger partial charge is 0.461 e. The third kappa shape index (κ3) is 5.03. The zero-order valence-electron chi connectivity index (χ0n) is 18.4. The molecular formula is C24H30N4O2S. The Balaban J connectivity index is 1.45. The molecule has 4 rings (SSSR count). The van der Waals surface area contributed by atoms with Gasteiger partial charge in [-0.3, -0.25) is 9.36 Å². The van der Waals surface area contributed by atoms with E-state index >= 15 is 0 Å². The van der Waals surface area contributed by atoms with Crippen LogP contribution in [0, 0.1) is 13.8 Å². The summed E-state index contributed by atoms with van der Waals surface area (Å²) in [5, 5.41) is 12.7. The maximum absolute atomic E-state index is 12.7. The Bertz CT molecular complexity index is 1020. The molecule has 0 spiro atoms. The Morgan fingerprint density at radius 3 is 2.71 bits per heavy atom. The van der Waals surface area contributed by atoms with E-state index in [4.69, 9.17) is 4.42 Å². The van der Waals surface area contributed by atoms with Crippen molar-refractivity contribution >= 4 is 17.7 Å². The van der Waals surface area contributed by atoms with Crippen molar-refractivity contribution in [2.24, 2.45) is 0 Å². The van der Waals surface area contributed by atoms with Gasteiger partial charge in [0.25, 0.3) is 0 Å². The molecule has 6 nitrogen and oxygen atoms in total. The summed E-state index contributed by atoms with van der Waals surface area (Å²) in [6.07, 6.45) is 7.56. The molecule has 1 unspecified atom stereocenters. The first-order valence-corrected chi connectivity index (χ1v) is 12.0. The van der Waals surface area contributed by atoms with Crippen LogP contribution in [0.15, 0.2) is 46.2 Å². The molecule has 1 atom stereocenters. The Kier molecular flexibility index (Phi) is 6.80. The van der Waals surface area contributed by atoms with Crippen molar-refractivity contribution < 1.29 is 9.21 Å². The molecule has 1 fully saturated rings. The number of nitrogens with zero attached hydrogens (tertiary/aromatic N) is 3. The molecule has 1 aromatic carbocycles. The first kappa shape index (κ1) is 21.7. The van der Waals surface area contributed by atoms with E-state index in [0.29, 0.717) is 11.8 Å². The summed E-state index contributed by atoms with van der Waals surface area (Å²) in [6.45, 7) is 6.21. The van der Waals surface area contributed by atoms with Crippen LogP contribution in [0.2, 0.25) is 0 Å². The summed E-state index contributed by atoms with van der Waals surface area (Å²) in [7, 11) is 0. The lowest BCUT2D eigenvalue weighted by Crippen LogP contribution is -2.28. The molecule has 3 aromatic rings. The van der Waals surface area contributed by atoms with Gasteiger partial charge in [0.1, 0.15) is 0 Å². The minimum Gasteiger partial charge on any atom is -0.461 e. The van der Waals surface area contributed by atoms with E-state index in [1.54, 1.807) is 6.26 Å². The molecule has 1 amide bonds. The Morgan fingerprint density at radius 1 is 1.19 bits per heavy atom. The van der Waals surface area contributed by atoms with Crippen LogP contribution >= 0.6 is 11.8 Å². The molecule has 2 heterocycles. The van der Waals surface area contributed by atoms with Gasteiger partial charge in [-0.25, -0.2) is 0 Å². The molecule has 1 N–H and O–H groups in total. The van der Waals surface area contributed by atoms with Crippen LogP contribution in [0.3, 0.4) is 0 Å². The van der Waals surface area contributed by atoms with Crippen molar-refractivity contribution in [2.45, 2.75) is 70.1 Å². The number of nitrogens with one attached hydrogen (secondary N) is 1. The van der Waals surface area contributed by atoms with Gasteiger partial charge in [0.15, 0.2) is 10.9 Å². The smallest absolute Gasteiger partial charge is 0.230 e. The van der Waals surface area contributed by atoms with E-state index < -0.39 is 0 Å². The Hall–Kier alpha value is -2.54. The van der Waals surface area contributed by atoms with E-state index in [0.717, 1.165) is 35.1 Å². The highest BCUT2D eigenvalue weighted by Gasteiger charge is 2.25. The summed E-state index contributed by atoms with van der Waals surface area (Å²) in [6, 6.07) is 10.4. The van der Waals surface area contributed by atoms with Gasteiger partial charge in [-0.2, -0.15) is 0 Å². The highest BCUT2D eigenvalue weighted by atomic mass is 32.2. The molecule has 7 heteroatoms. The number of carbonyl (C=O) groups excluding carboxylic acids is 1. The van der Waals surface area contributed by atoms with Gasteiger partial charge in [-0.15, -0.1) is 10.2 Å². The van der Waals surface area contributed by atoms with Crippen molar-refractivity contribution in [1.29, 1.82) is 0 Å². The maximum atomic E-state index is 12.7. The van der Waals surface area contributed by atoms with Crippen LogP contribution in [-0.4, -0.2) is 26.4 Å². The molecule has 1 aliphatic rings. The number of benzene rings is 1. The molecule has 0 aliphatic heterocycles. The monoisotopic (exact) mass is 438 g/mol. The number of rotatable bonds is 7. The fourth-order valence-corrected chi connectivity index (χ4v) is 4.96. The fraction of sp³-hybridized carbons (Fsp3) is 0.458. The van der Waals surface area contributed by atoms with Gasteiger partial charge >= 0.3 is 0 Å². The predicted molar refractivity (Wildman–Crippen MR) is 123 cm³/mol. The topological polar surface area (TPSA) is 73.0 Å².